The van der Waals surface area contributed by atoms with Gasteiger partial charge in [0.1, 0.15) is 5.92 Å². The molecule has 1 heterocycles. The van der Waals surface area contributed by atoms with E-state index in [9.17, 15) is 13.6 Å². The van der Waals surface area contributed by atoms with E-state index in [4.69, 9.17) is 0 Å². The molecule has 1 saturated heterocycles. The van der Waals surface area contributed by atoms with Gasteiger partial charge in [0.15, 0.2) is 0 Å². The number of carbonyl (C=O) groups excluding carboxylic acids is 1. The van der Waals surface area contributed by atoms with E-state index >= 15 is 0 Å². The summed E-state index contributed by atoms with van der Waals surface area (Å²) in [7, 11) is 0. The van der Waals surface area contributed by atoms with Crippen molar-refractivity contribution in [3.63, 3.8) is 0 Å². The summed E-state index contributed by atoms with van der Waals surface area (Å²) in [5.74, 6) is -4.02. The normalized spacial score (nSPS) is 32.2. The fourth-order valence-corrected chi connectivity index (χ4v) is 1.64. The Hall–Kier alpha value is -0.670. The second kappa shape index (κ2) is 2.41. The highest BCUT2D eigenvalue weighted by atomic mass is 19.3. The average molecular weight is 175 g/mol. The van der Waals surface area contributed by atoms with Gasteiger partial charge in [0.25, 0.3) is 5.92 Å². The molecule has 1 atom stereocenters. The molecule has 1 saturated carbocycles. The Morgan fingerprint density at radius 3 is 2.25 bits per heavy atom. The molecule has 2 aliphatic rings. The quantitative estimate of drug-likeness (QED) is 0.587. The van der Waals surface area contributed by atoms with Crippen molar-refractivity contribution < 1.29 is 13.6 Å². The Morgan fingerprint density at radius 1 is 1.33 bits per heavy atom. The first-order valence-corrected chi connectivity index (χ1v) is 4.28. The molecule has 2 nitrogen and oxygen atoms in total. The lowest BCUT2D eigenvalue weighted by Crippen LogP contribution is -2.30. The van der Waals surface area contributed by atoms with Crippen LogP contribution in [0.3, 0.4) is 0 Å². The van der Waals surface area contributed by atoms with Crippen LogP contribution in [0.2, 0.25) is 0 Å². The van der Waals surface area contributed by atoms with Gasteiger partial charge in [-0.25, -0.2) is 8.78 Å². The number of likely N-dealkylation sites (tertiary alicyclic amines) is 1. The fourth-order valence-electron chi connectivity index (χ4n) is 1.64. The standard InChI is InChI=1S/C8H11F2NO/c9-8(10)5-6(8)7(12)11-3-1-2-4-11/h6H,1-5H2. The van der Waals surface area contributed by atoms with Gasteiger partial charge in [0, 0.05) is 19.5 Å². The maximum absolute atomic E-state index is 12.5. The van der Waals surface area contributed by atoms with E-state index in [1.807, 2.05) is 0 Å². The maximum atomic E-state index is 12.5. The predicted molar refractivity (Wildman–Crippen MR) is 38.9 cm³/mol. The van der Waals surface area contributed by atoms with E-state index < -0.39 is 11.8 Å². The van der Waals surface area contributed by atoms with Crippen molar-refractivity contribution in [2.75, 3.05) is 13.1 Å². The molecule has 68 valence electrons. The molecule has 12 heavy (non-hydrogen) atoms. The topological polar surface area (TPSA) is 20.3 Å². The molecule has 0 aromatic carbocycles. The van der Waals surface area contributed by atoms with Crippen LogP contribution in [0.25, 0.3) is 0 Å². The van der Waals surface area contributed by atoms with Gasteiger partial charge >= 0.3 is 0 Å². The number of halogens is 2. The summed E-state index contributed by atoms with van der Waals surface area (Å²) in [4.78, 5) is 12.8. The van der Waals surface area contributed by atoms with Crippen molar-refractivity contribution in [3.8, 4) is 0 Å². The smallest absolute Gasteiger partial charge is 0.260 e. The summed E-state index contributed by atoms with van der Waals surface area (Å²) in [6.07, 6.45) is 1.69. The number of rotatable bonds is 1. The van der Waals surface area contributed by atoms with Crippen LogP contribution in [0.5, 0.6) is 0 Å². The zero-order chi connectivity index (χ0) is 8.77. The highest BCUT2D eigenvalue weighted by Crippen LogP contribution is 2.49. The third-order valence-corrected chi connectivity index (χ3v) is 2.54. The van der Waals surface area contributed by atoms with Crippen molar-refractivity contribution in [1.82, 2.24) is 4.90 Å². The van der Waals surface area contributed by atoms with Crippen LogP contribution in [0.4, 0.5) is 8.78 Å². The van der Waals surface area contributed by atoms with Gasteiger partial charge in [-0.15, -0.1) is 0 Å². The summed E-state index contributed by atoms with van der Waals surface area (Å²) in [5.41, 5.74) is 0. The molecule has 1 aliphatic carbocycles. The van der Waals surface area contributed by atoms with Crippen molar-refractivity contribution >= 4 is 5.91 Å². The minimum absolute atomic E-state index is 0.234. The Morgan fingerprint density at radius 2 is 1.83 bits per heavy atom. The molecule has 0 spiro atoms. The molecule has 1 amide bonds. The van der Waals surface area contributed by atoms with Crippen molar-refractivity contribution in [2.24, 2.45) is 5.92 Å². The molecule has 4 heteroatoms. The predicted octanol–water partition coefficient (Wildman–Crippen LogP) is 1.26. The number of amides is 1. The second-order valence-electron chi connectivity index (χ2n) is 3.55. The second-order valence-corrected chi connectivity index (χ2v) is 3.55. The Labute approximate surface area is 69.5 Å². The number of nitrogens with zero attached hydrogens (tertiary/aromatic N) is 1. The summed E-state index contributed by atoms with van der Waals surface area (Å²) in [5, 5.41) is 0. The molecule has 1 unspecified atom stereocenters. The lowest BCUT2D eigenvalue weighted by molar-refractivity contribution is -0.133. The van der Waals surface area contributed by atoms with Gasteiger partial charge in [-0.05, 0) is 12.8 Å². The largest absolute Gasteiger partial charge is 0.342 e. The van der Waals surface area contributed by atoms with Crippen LogP contribution >= 0.6 is 0 Å². The minimum Gasteiger partial charge on any atom is -0.342 e. The first-order valence-electron chi connectivity index (χ1n) is 4.28. The maximum Gasteiger partial charge on any atom is 0.260 e. The fraction of sp³-hybridized carbons (Fsp3) is 0.875. The van der Waals surface area contributed by atoms with Crippen LogP contribution in [-0.2, 0) is 4.79 Å². The Kier molecular flexibility index (Phi) is 1.59. The van der Waals surface area contributed by atoms with E-state index in [1.165, 1.54) is 0 Å². The monoisotopic (exact) mass is 175 g/mol. The van der Waals surface area contributed by atoms with Crippen LogP contribution in [0.1, 0.15) is 19.3 Å². The van der Waals surface area contributed by atoms with Crippen molar-refractivity contribution in [1.29, 1.82) is 0 Å². The molecule has 0 N–H and O–H groups in total. The number of hydrogen-bond acceptors (Lipinski definition) is 1. The zero-order valence-corrected chi connectivity index (χ0v) is 6.72. The van der Waals surface area contributed by atoms with Crippen LogP contribution < -0.4 is 0 Å². The van der Waals surface area contributed by atoms with Gasteiger partial charge in [0.05, 0.1) is 0 Å². The van der Waals surface area contributed by atoms with E-state index in [0.717, 1.165) is 12.8 Å². The molecule has 0 aromatic heterocycles. The van der Waals surface area contributed by atoms with E-state index in [1.54, 1.807) is 4.90 Å². The molecular formula is C8H11F2NO. The van der Waals surface area contributed by atoms with Crippen LogP contribution in [-0.4, -0.2) is 29.8 Å². The first kappa shape index (κ1) is 7.95. The first-order chi connectivity index (χ1) is 5.61. The van der Waals surface area contributed by atoms with Gasteiger partial charge in [-0.1, -0.05) is 0 Å². The lowest BCUT2D eigenvalue weighted by atomic mass is 10.3. The van der Waals surface area contributed by atoms with Crippen LogP contribution in [0.15, 0.2) is 0 Å². The lowest BCUT2D eigenvalue weighted by Gasteiger charge is -2.14. The van der Waals surface area contributed by atoms with E-state index in [2.05, 4.69) is 0 Å². The molecule has 0 aromatic rings. The zero-order valence-electron chi connectivity index (χ0n) is 6.72. The highest BCUT2D eigenvalue weighted by molar-refractivity contribution is 5.83. The van der Waals surface area contributed by atoms with Crippen molar-refractivity contribution in [3.05, 3.63) is 0 Å². The van der Waals surface area contributed by atoms with Gasteiger partial charge < -0.3 is 4.90 Å². The van der Waals surface area contributed by atoms with E-state index in [-0.39, 0.29) is 12.3 Å². The third kappa shape index (κ3) is 1.19. The van der Waals surface area contributed by atoms with Crippen LogP contribution in [0, 0.1) is 5.92 Å². The molecule has 2 rings (SSSR count). The van der Waals surface area contributed by atoms with Gasteiger partial charge in [-0.2, -0.15) is 0 Å². The average Bonchev–Trinajstić information content (AvgIpc) is 2.56. The summed E-state index contributed by atoms with van der Waals surface area (Å²) < 4.78 is 24.9. The summed E-state index contributed by atoms with van der Waals surface area (Å²) in [6.45, 7) is 1.34. The summed E-state index contributed by atoms with van der Waals surface area (Å²) >= 11 is 0. The van der Waals surface area contributed by atoms with Gasteiger partial charge in [0.2, 0.25) is 5.91 Å². The van der Waals surface area contributed by atoms with Gasteiger partial charge in [-0.3, -0.25) is 4.79 Å². The third-order valence-electron chi connectivity index (χ3n) is 2.54. The minimum atomic E-state index is -2.69. The van der Waals surface area contributed by atoms with E-state index in [0.29, 0.717) is 13.1 Å². The summed E-state index contributed by atoms with van der Waals surface area (Å²) in [6, 6.07) is 0. The molecular weight excluding hydrogens is 164 g/mol. The Balaban J connectivity index is 1.93. The number of hydrogen-bond donors (Lipinski definition) is 0. The SMILES string of the molecule is O=C(C1CC1(F)F)N1CCCC1. The highest BCUT2D eigenvalue weighted by Gasteiger charge is 2.62. The molecule has 2 fully saturated rings. The molecule has 0 radical (unpaired) electrons. The molecule has 1 aliphatic heterocycles. The molecule has 0 bridgehead atoms. The number of alkyl halides is 2. The Bertz CT molecular complexity index is 204. The number of carbonyl (C=O) groups is 1. The van der Waals surface area contributed by atoms with Crippen molar-refractivity contribution in [2.45, 2.75) is 25.2 Å².